The molecule has 32 heavy (non-hydrogen) atoms. The Labute approximate surface area is 212 Å². The molecule has 0 saturated carbocycles. The second-order valence-corrected chi connectivity index (χ2v) is 9.00. The summed E-state index contributed by atoms with van der Waals surface area (Å²) in [6.45, 7) is 17.3. The third kappa shape index (κ3) is 15.1. The molecule has 0 radical (unpaired) electrons. The first-order chi connectivity index (χ1) is 14.7. The SMILES string of the molecule is CCNC(=NCCCN1CCN(C(=O)OC(C)(C)C)CC1)NCCN(C)CCCOC.I. The zero-order chi connectivity index (χ0) is 23.1. The van der Waals surface area contributed by atoms with E-state index in [0.29, 0.717) is 0 Å². The van der Waals surface area contributed by atoms with Gasteiger partial charge >= 0.3 is 6.09 Å². The Kier molecular flexibility index (Phi) is 17.1. The number of likely N-dealkylation sites (N-methyl/N-ethyl adjacent to an activating group) is 1. The van der Waals surface area contributed by atoms with E-state index >= 15 is 0 Å². The Hall–Kier alpha value is -0.850. The summed E-state index contributed by atoms with van der Waals surface area (Å²) in [5.74, 6) is 0.877. The maximum atomic E-state index is 12.2. The molecule has 1 aliphatic heterocycles. The highest BCUT2D eigenvalue weighted by molar-refractivity contribution is 14.0. The van der Waals surface area contributed by atoms with Gasteiger partial charge in [-0.25, -0.2) is 4.79 Å². The summed E-state index contributed by atoms with van der Waals surface area (Å²) in [6.07, 6.45) is 1.84. The average molecular weight is 571 g/mol. The number of methoxy groups -OCH3 is 1. The average Bonchev–Trinajstić information content (AvgIpc) is 2.70. The number of piperazine rings is 1. The molecule has 0 atom stereocenters. The fraction of sp³-hybridized carbons (Fsp3) is 0.909. The van der Waals surface area contributed by atoms with Crippen molar-refractivity contribution in [2.45, 2.75) is 46.1 Å². The number of rotatable bonds is 12. The van der Waals surface area contributed by atoms with E-state index in [0.717, 1.165) is 90.9 Å². The summed E-state index contributed by atoms with van der Waals surface area (Å²) in [5.41, 5.74) is -0.441. The summed E-state index contributed by atoms with van der Waals surface area (Å²) < 4.78 is 10.6. The van der Waals surface area contributed by atoms with Gasteiger partial charge < -0.3 is 29.9 Å². The lowest BCUT2D eigenvalue weighted by Crippen LogP contribution is -2.50. The summed E-state index contributed by atoms with van der Waals surface area (Å²) in [4.78, 5) is 23.4. The molecule has 0 spiro atoms. The van der Waals surface area contributed by atoms with Crippen LogP contribution in [0.4, 0.5) is 4.79 Å². The first-order valence-electron chi connectivity index (χ1n) is 11.6. The van der Waals surface area contributed by atoms with Crippen molar-refractivity contribution in [3.8, 4) is 0 Å². The van der Waals surface area contributed by atoms with Gasteiger partial charge in [-0.05, 0) is 47.6 Å². The van der Waals surface area contributed by atoms with Crippen LogP contribution in [0.5, 0.6) is 0 Å². The standard InChI is InChI=1S/C22H46N6O3.HI/c1-7-23-20(25-11-14-26(5)12-9-19-30-6)24-10-8-13-27-15-17-28(18-16-27)21(29)31-22(2,3)4;/h7-19H2,1-6H3,(H2,23,24,25);1H. The van der Waals surface area contributed by atoms with Gasteiger partial charge in [-0.2, -0.15) is 0 Å². The number of nitrogens with zero attached hydrogens (tertiary/aromatic N) is 4. The smallest absolute Gasteiger partial charge is 0.410 e. The van der Waals surface area contributed by atoms with Gasteiger partial charge in [-0.1, -0.05) is 0 Å². The third-order valence-electron chi connectivity index (χ3n) is 4.94. The summed E-state index contributed by atoms with van der Waals surface area (Å²) in [7, 11) is 3.87. The molecule has 0 bridgehead atoms. The number of carbonyl (C=O) groups excluding carboxylic acids is 1. The van der Waals surface area contributed by atoms with E-state index in [2.05, 4.69) is 34.4 Å². The van der Waals surface area contributed by atoms with Gasteiger partial charge in [-0.3, -0.25) is 9.89 Å². The third-order valence-corrected chi connectivity index (χ3v) is 4.94. The molecule has 0 aliphatic carbocycles. The summed E-state index contributed by atoms with van der Waals surface area (Å²) >= 11 is 0. The molecule has 0 aromatic carbocycles. The van der Waals surface area contributed by atoms with Gasteiger partial charge in [0.05, 0.1) is 0 Å². The Morgan fingerprint density at radius 2 is 1.78 bits per heavy atom. The number of hydrogen-bond donors (Lipinski definition) is 2. The minimum atomic E-state index is -0.441. The van der Waals surface area contributed by atoms with Gasteiger partial charge in [0, 0.05) is 79.2 Å². The predicted octanol–water partition coefficient (Wildman–Crippen LogP) is 2.07. The van der Waals surface area contributed by atoms with E-state index < -0.39 is 5.60 Å². The fourth-order valence-corrected chi connectivity index (χ4v) is 3.26. The molecule has 1 heterocycles. The van der Waals surface area contributed by atoms with Crippen LogP contribution in [-0.4, -0.2) is 119 Å². The molecule has 1 rings (SSSR count). The highest BCUT2D eigenvalue weighted by Crippen LogP contribution is 2.12. The molecule has 2 N–H and O–H groups in total. The van der Waals surface area contributed by atoms with Crippen molar-refractivity contribution < 1.29 is 14.3 Å². The highest BCUT2D eigenvalue weighted by atomic mass is 127. The number of nitrogens with one attached hydrogen (secondary N) is 2. The molecular weight excluding hydrogens is 523 g/mol. The maximum Gasteiger partial charge on any atom is 0.410 e. The van der Waals surface area contributed by atoms with Crippen LogP contribution in [0.25, 0.3) is 0 Å². The van der Waals surface area contributed by atoms with Crippen molar-refractivity contribution in [2.24, 2.45) is 4.99 Å². The van der Waals surface area contributed by atoms with E-state index in [1.807, 2.05) is 20.8 Å². The van der Waals surface area contributed by atoms with Gasteiger partial charge in [0.15, 0.2) is 5.96 Å². The van der Waals surface area contributed by atoms with Crippen molar-refractivity contribution in [3.05, 3.63) is 0 Å². The van der Waals surface area contributed by atoms with Crippen LogP contribution >= 0.6 is 24.0 Å². The second kappa shape index (κ2) is 17.6. The monoisotopic (exact) mass is 570 g/mol. The first kappa shape index (κ1) is 31.1. The number of aliphatic imine (C=N–C) groups is 1. The number of carbonyl (C=O) groups is 1. The molecular formula is C22H47IN6O3. The van der Waals surface area contributed by atoms with Crippen LogP contribution < -0.4 is 10.6 Å². The van der Waals surface area contributed by atoms with Gasteiger partial charge in [0.1, 0.15) is 5.60 Å². The van der Waals surface area contributed by atoms with Crippen molar-refractivity contribution in [2.75, 3.05) is 86.2 Å². The second-order valence-electron chi connectivity index (χ2n) is 9.00. The lowest BCUT2D eigenvalue weighted by Gasteiger charge is -2.35. The Morgan fingerprint density at radius 3 is 2.38 bits per heavy atom. The molecule has 0 aromatic heterocycles. The van der Waals surface area contributed by atoms with Crippen LogP contribution in [0.2, 0.25) is 0 Å². The molecule has 1 amide bonds. The van der Waals surface area contributed by atoms with Crippen molar-refractivity contribution in [1.29, 1.82) is 0 Å². The van der Waals surface area contributed by atoms with Crippen LogP contribution in [-0.2, 0) is 9.47 Å². The minimum Gasteiger partial charge on any atom is -0.444 e. The summed E-state index contributed by atoms with van der Waals surface area (Å²) in [6, 6.07) is 0. The van der Waals surface area contributed by atoms with E-state index in [-0.39, 0.29) is 30.1 Å². The maximum absolute atomic E-state index is 12.2. The lowest BCUT2D eigenvalue weighted by molar-refractivity contribution is 0.0145. The van der Waals surface area contributed by atoms with Crippen LogP contribution in [0, 0.1) is 0 Å². The number of halogens is 1. The number of amides is 1. The van der Waals surface area contributed by atoms with Gasteiger partial charge in [0.25, 0.3) is 0 Å². The zero-order valence-corrected chi connectivity index (χ0v) is 23.4. The Bertz CT molecular complexity index is 522. The van der Waals surface area contributed by atoms with Crippen LogP contribution in [0.15, 0.2) is 4.99 Å². The summed E-state index contributed by atoms with van der Waals surface area (Å²) in [5, 5.41) is 6.72. The lowest BCUT2D eigenvalue weighted by atomic mass is 10.2. The molecule has 0 unspecified atom stereocenters. The molecule has 9 nitrogen and oxygen atoms in total. The highest BCUT2D eigenvalue weighted by Gasteiger charge is 2.25. The minimum absolute atomic E-state index is 0. The van der Waals surface area contributed by atoms with Crippen molar-refractivity contribution in [1.82, 2.24) is 25.3 Å². The number of ether oxygens (including phenoxy) is 2. The largest absolute Gasteiger partial charge is 0.444 e. The van der Waals surface area contributed by atoms with Crippen LogP contribution in [0.1, 0.15) is 40.5 Å². The molecule has 190 valence electrons. The van der Waals surface area contributed by atoms with E-state index in [9.17, 15) is 4.79 Å². The van der Waals surface area contributed by atoms with E-state index in [1.165, 1.54) is 0 Å². The molecule has 1 aliphatic rings. The zero-order valence-electron chi connectivity index (χ0n) is 21.1. The quantitative estimate of drug-likeness (QED) is 0.161. The van der Waals surface area contributed by atoms with Crippen molar-refractivity contribution >= 4 is 36.0 Å². The number of guanidine groups is 1. The van der Waals surface area contributed by atoms with Crippen molar-refractivity contribution in [3.63, 3.8) is 0 Å². The molecule has 0 aromatic rings. The number of hydrogen-bond acceptors (Lipinski definition) is 6. The van der Waals surface area contributed by atoms with E-state index in [4.69, 9.17) is 14.5 Å². The van der Waals surface area contributed by atoms with Crippen LogP contribution in [0.3, 0.4) is 0 Å². The fourth-order valence-electron chi connectivity index (χ4n) is 3.26. The molecule has 1 fully saturated rings. The molecule has 10 heteroatoms. The normalized spacial score (nSPS) is 15.5. The first-order valence-corrected chi connectivity index (χ1v) is 11.6. The topological polar surface area (TPSA) is 81.7 Å². The molecule has 1 saturated heterocycles. The van der Waals surface area contributed by atoms with E-state index in [1.54, 1.807) is 12.0 Å². The van der Waals surface area contributed by atoms with Gasteiger partial charge in [0.2, 0.25) is 0 Å². The Morgan fingerprint density at radius 1 is 1.09 bits per heavy atom. The van der Waals surface area contributed by atoms with Gasteiger partial charge in [-0.15, -0.1) is 24.0 Å². The predicted molar refractivity (Wildman–Crippen MR) is 142 cm³/mol. The Balaban J connectivity index is 0.00000961.